The van der Waals surface area contributed by atoms with Crippen LogP contribution in [0.3, 0.4) is 0 Å². The fraction of sp³-hybridized carbons (Fsp3) is 0.786. The molecule has 104 valence electrons. The van der Waals surface area contributed by atoms with Crippen LogP contribution >= 0.6 is 0 Å². The molecule has 0 bridgehead atoms. The molecule has 0 aromatic heterocycles. The van der Waals surface area contributed by atoms with E-state index >= 15 is 0 Å². The van der Waals surface area contributed by atoms with Crippen molar-refractivity contribution in [3.05, 3.63) is 12.2 Å². The van der Waals surface area contributed by atoms with E-state index in [1.54, 1.807) is 7.11 Å². The first kappa shape index (κ1) is 15.0. The fourth-order valence-corrected chi connectivity index (χ4v) is 2.48. The SMILES string of the molecule is C=C(C)CNC(N)=NCC1(CCOC)CCCC1. The third-order valence-corrected chi connectivity index (χ3v) is 3.66. The third-order valence-electron chi connectivity index (χ3n) is 3.66. The second-order valence-corrected chi connectivity index (χ2v) is 5.46. The number of hydrogen-bond donors (Lipinski definition) is 2. The van der Waals surface area contributed by atoms with Crippen molar-refractivity contribution in [2.24, 2.45) is 16.1 Å². The number of guanidine groups is 1. The van der Waals surface area contributed by atoms with Gasteiger partial charge in [0.2, 0.25) is 0 Å². The largest absolute Gasteiger partial charge is 0.385 e. The Balaban J connectivity index is 2.45. The molecule has 0 saturated heterocycles. The summed E-state index contributed by atoms with van der Waals surface area (Å²) < 4.78 is 5.21. The molecule has 1 fully saturated rings. The Labute approximate surface area is 111 Å². The Hall–Kier alpha value is -1.03. The van der Waals surface area contributed by atoms with Crippen LogP contribution in [0.5, 0.6) is 0 Å². The monoisotopic (exact) mass is 253 g/mol. The highest BCUT2D eigenvalue weighted by molar-refractivity contribution is 5.78. The van der Waals surface area contributed by atoms with Crippen LogP contribution in [-0.2, 0) is 4.74 Å². The third kappa shape index (κ3) is 5.08. The van der Waals surface area contributed by atoms with Crippen molar-refractivity contribution in [1.82, 2.24) is 5.32 Å². The van der Waals surface area contributed by atoms with Gasteiger partial charge in [0.1, 0.15) is 0 Å². The Bertz CT molecular complexity index is 293. The minimum absolute atomic E-state index is 0.311. The zero-order chi connectivity index (χ0) is 13.4. The second-order valence-electron chi connectivity index (χ2n) is 5.46. The topological polar surface area (TPSA) is 59.6 Å². The van der Waals surface area contributed by atoms with E-state index in [1.807, 2.05) is 6.92 Å². The van der Waals surface area contributed by atoms with Crippen LogP contribution in [0, 0.1) is 5.41 Å². The van der Waals surface area contributed by atoms with Crippen molar-refractivity contribution in [2.75, 3.05) is 26.8 Å². The molecule has 0 unspecified atom stereocenters. The molecule has 0 radical (unpaired) electrons. The second kappa shape index (κ2) is 7.41. The van der Waals surface area contributed by atoms with Crippen molar-refractivity contribution in [3.63, 3.8) is 0 Å². The molecule has 1 rings (SSSR count). The van der Waals surface area contributed by atoms with Crippen molar-refractivity contribution in [3.8, 4) is 0 Å². The van der Waals surface area contributed by atoms with E-state index in [-0.39, 0.29) is 0 Å². The maximum atomic E-state index is 5.85. The van der Waals surface area contributed by atoms with Gasteiger partial charge in [-0.25, -0.2) is 0 Å². The van der Waals surface area contributed by atoms with E-state index in [0.29, 0.717) is 17.9 Å². The Morgan fingerprint density at radius 1 is 1.44 bits per heavy atom. The molecule has 0 aromatic carbocycles. The van der Waals surface area contributed by atoms with Crippen LogP contribution in [-0.4, -0.2) is 32.8 Å². The molecule has 0 spiro atoms. The average Bonchev–Trinajstić information content (AvgIpc) is 2.81. The molecule has 0 amide bonds. The minimum Gasteiger partial charge on any atom is -0.385 e. The van der Waals surface area contributed by atoms with Crippen LogP contribution in [0.2, 0.25) is 0 Å². The summed E-state index contributed by atoms with van der Waals surface area (Å²) in [4.78, 5) is 4.49. The predicted octanol–water partition coefficient (Wildman–Crippen LogP) is 2.06. The predicted molar refractivity (Wildman–Crippen MR) is 76.7 cm³/mol. The molecule has 3 N–H and O–H groups in total. The van der Waals surface area contributed by atoms with Gasteiger partial charge in [-0.3, -0.25) is 4.99 Å². The summed E-state index contributed by atoms with van der Waals surface area (Å²) in [6.07, 6.45) is 6.18. The van der Waals surface area contributed by atoms with Crippen LogP contribution in [0.15, 0.2) is 17.1 Å². The highest BCUT2D eigenvalue weighted by Gasteiger charge is 2.33. The first-order valence-corrected chi connectivity index (χ1v) is 6.75. The molecule has 1 aliphatic carbocycles. The first-order valence-electron chi connectivity index (χ1n) is 6.75. The molecular weight excluding hydrogens is 226 g/mol. The number of methoxy groups -OCH3 is 1. The number of nitrogens with one attached hydrogen (secondary N) is 1. The number of nitrogens with zero attached hydrogens (tertiary/aromatic N) is 1. The van der Waals surface area contributed by atoms with Crippen LogP contribution < -0.4 is 11.1 Å². The van der Waals surface area contributed by atoms with Gasteiger partial charge in [-0.05, 0) is 31.6 Å². The van der Waals surface area contributed by atoms with Crippen LogP contribution in [0.25, 0.3) is 0 Å². The Kier molecular flexibility index (Phi) is 6.19. The van der Waals surface area contributed by atoms with E-state index in [0.717, 1.165) is 25.1 Å². The Morgan fingerprint density at radius 2 is 2.11 bits per heavy atom. The van der Waals surface area contributed by atoms with Crippen LogP contribution in [0.1, 0.15) is 39.0 Å². The van der Waals surface area contributed by atoms with E-state index in [1.165, 1.54) is 25.7 Å². The number of nitrogens with two attached hydrogens (primary N) is 1. The molecule has 4 nitrogen and oxygen atoms in total. The molecule has 0 heterocycles. The lowest BCUT2D eigenvalue weighted by Gasteiger charge is -2.26. The highest BCUT2D eigenvalue weighted by atomic mass is 16.5. The summed E-state index contributed by atoms with van der Waals surface area (Å²) in [6.45, 7) is 8.12. The van der Waals surface area contributed by atoms with Crippen molar-refractivity contribution in [1.29, 1.82) is 0 Å². The first-order chi connectivity index (χ1) is 8.58. The van der Waals surface area contributed by atoms with Crippen molar-refractivity contribution in [2.45, 2.75) is 39.0 Å². The average molecular weight is 253 g/mol. The maximum Gasteiger partial charge on any atom is 0.188 e. The lowest BCUT2D eigenvalue weighted by atomic mass is 9.83. The van der Waals surface area contributed by atoms with Gasteiger partial charge in [-0.1, -0.05) is 25.0 Å². The molecule has 1 aliphatic rings. The summed E-state index contributed by atoms with van der Waals surface area (Å²) in [5.74, 6) is 0.529. The lowest BCUT2D eigenvalue weighted by molar-refractivity contribution is 0.141. The summed E-state index contributed by atoms with van der Waals surface area (Å²) in [5, 5.41) is 3.08. The van der Waals surface area contributed by atoms with Gasteiger partial charge in [0, 0.05) is 26.8 Å². The smallest absolute Gasteiger partial charge is 0.188 e. The normalized spacial score (nSPS) is 18.9. The van der Waals surface area contributed by atoms with Crippen molar-refractivity contribution >= 4 is 5.96 Å². The lowest BCUT2D eigenvalue weighted by Crippen LogP contribution is -2.34. The maximum absolute atomic E-state index is 5.85. The zero-order valence-corrected chi connectivity index (χ0v) is 11.8. The summed E-state index contributed by atoms with van der Waals surface area (Å²) in [5.41, 5.74) is 7.22. The van der Waals surface area contributed by atoms with Gasteiger partial charge >= 0.3 is 0 Å². The van der Waals surface area contributed by atoms with Gasteiger partial charge in [-0.2, -0.15) is 0 Å². The van der Waals surface area contributed by atoms with E-state index < -0.39 is 0 Å². The minimum atomic E-state index is 0.311. The zero-order valence-electron chi connectivity index (χ0n) is 11.8. The molecule has 4 heteroatoms. The molecule has 0 atom stereocenters. The summed E-state index contributed by atoms with van der Waals surface area (Å²) in [6, 6.07) is 0. The molecule has 0 aliphatic heterocycles. The summed E-state index contributed by atoms with van der Waals surface area (Å²) >= 11 is 0. The van der Waals surface area contributed by atoms with Crippen LogP contribution in [0.4, 0.5) is 0 Å². The van der Waals surface area contributed by atoms with Gasteiger partial charge in [0.25, 0.3) is 0 Å². The molecule has 0 aromatic rings. The highest BCUT2D eigenvalue weighted by Crippen LogP contribution is 2.41. The standard InChI is InChI=1S/C14H27N3O/c1-12(2)10-16-13(15)17-11-14(8-9-18-3)6-4-5-7-14/h1,4-11H2,2-3H3,(H3,15,16,17). The molecular formula is C14H27N3O. The van der Waals surface area contributed by atoms with Gasteiger partial charge in [0.05, 0.1) is 0 Å². The van der Waals surface area contributed by atoms with Crippen molar-refractivity contribution < 1.29 is 4.74 Å². The van der Waals surface area contributed by atoms with Gasteiger partial charge < -0.3 is 15.8 Å². The summed E-state index contributed by atoms with van der Waals surface area (Å²) in [7, 11) is 1.76. The number of aliphatic imine (C=N–C) groups is 1. The van der Waals surface area contributed by atoms with Gasteiger partial charge in [-0.15, -0.1) is 0 Å². The number of hydrogen-bond acceptors (Lipinski definition) is 2. The Morgan fingerprint density at radius 3 is 2.67 bits per heavy atom. The molecule has 18 heavy (non-hydrogen) atoms. The van der Waals surface area contributed by atoms with E-state index in [2.05, 4.69) is 16.9 Å². The fourth-order valence-electron chi connectivity index (χ4n) is 2.48. The van der Waals surface area contributed by atoms with E-state index in [9.17, 15) is 0 Å². The van der Waals surface area contributed by atoms with E-state index in [4.69, 9.17) is 10.5 Å². The quantitative estimate of drug-likeness (QED) is 0.415. The number of ether oxygens (including phenoxy) is 1. The van der Waals surface area contributed by atoms with Gasteiger partial charge in [0.15, 0.2) is 5.96 Å². The number of rotatable bonds is 7. The molecule has 1 saturated carbocycles.